The molecule has 5 heteroatoms. The number of aromatic nitrogens is 2. The maximum absolute atomic E-state index is 4.10. The molecule has 0 aliphatic rings. The summed E-state index contributed by atoms with van der Waals surface area (Å²) >= 11 is 5.18. The van der Waals surface area contributed by atoms with Crippen LogP contribution in [0.1, 0.15) is 13.3 Å². The molecule has 78 valence electrons. The predicted octanol–water partition coefficient (Wildman–Crippen LogP) is 2.79. The van der Waals surface area contributed by atoms with Gasteiger partial charge in [-0.25, -0.2) is 9.97 Å². The zero-order valence-electron chi connectivity index (χ0n) is 8.33. The number of nitrogens with zero attached hydrogens (tertiary/aromatic N) is 2. The first kappa shape index (κ1) is 11.8. The molecule has 0 spiro atoms. The number of nitrogens with one attached hydrogen (secondary N) is 1. The summed E-state index contributed by atoms with van der Waals surface area (Å²) in [6, 6.07) is 1.88. The predicted molar refractivity (Wildman–Crippen MR) is 65.8 cm³/mol. The van der Waals surface area contributed by atoms with Crippen molar-refractivity contribution in [2.24, 2.45) is 0 Å². The third-order valence-corrected chi connectivity index (χ3v) is 3.37. The van der Waals surface area contributed by atoms with Crippen LogP contribution >= 0.6 is 27.7 Å². The lowest BCUT2D eigenvalue weighted by Crippen LogP contribution is -2.08. The van der Waals surface area contributed by atoms with Gasteiger partial charge < -0.3 is 5.32 Å². The van der Waals surface area contributed by atoms with Crippen molar-refractivity contribution in [3.63, 3.8) is 0 Å². The van der Waals surface area contributed by atoms with Crippen LogP contribution in [-0.2, 0) is 0 Å². The fourth-order valence-corrected chi connectivity index (χ4v) is 1.61. The van der Waals surface area contributed by atoms with Crippen LogP contribution in [-0.4, -0.2) is 28.0 Å². The Hall–Kier alpha value is -0.290. The Balaban J connectivity index is 2.31. The van der Waals surface area contributed by atoms with E-state index in [0.29, 0.717) is 5.25 Å². The lowest BCUT2D eigenvalue weighted by molar-refractivity contribution is 0.849. The molecule has 14 heavy (non-hydrogen) atoms. The first-order valence-corrected chi connectivity index (χ1v) is 6.54. The second kappa shape index (κ2) is 6.24. The minimum Gasteiger partial charge on any atom is -0.370 e. The Kier molecular flexibility index (Phi) is 5.25. The Bertz CT molecular complexity index is 283. The van der Waals surface area contributed by atoms with Crippen LogP contribution in [0.5, 0.6) is 0 Å². The molecule has 0 saturated carbocycles. The molecule has 0 aliphatic carbocycles. The molecule has 0 bridgehead atoms. The standard InChI is InChI=1S/C9H14BrN3S/c1-7(14-2)3-4-11-9-5-8(10)12-6-13-9/h5-7H,3-4H2,1-2H3,(H,11,12,13). The van der Waals surface area contributed by atoms with Gasteiger partial charge in [0.2, 0.25) is 0 Å². The van der Waals surface area contributed by atoms with E-state index in [1.807, 2.05) is 17.8 Å². The van der Waals surface area contributed by atoms with Crippen molar-refractivity contribution in [3.8, 4) is 0 Å². The van der Waals surface area contributed by atoms with Gasteiger partial charge in [0.25, 0.3) is 0 Å². The maximum atomic E-state index is 4.10. The molecular formula is C9H14BrN3S. The molecule has 0 fully saturated rings. The Morgan fingerprint density at radius 3 is 3.00 bits per heavy atom. The zero-order chi connectivity index (χ0) is 10.4. The highest BCUT2D eigenvalue weighted by atomic mass is 79.9. The minimum atomic E-state index is 0.688. The van der Waals surface area contributed by atoms with E-state index in [0.717, 1.165) is 23.4 Å². The quantitative estimate of drug-likeness (QED) is 0.839. The summed E-state index contributed by atoms with van der Waals surface area (Å²) in [5.74, 6) is 0.875. The number of thioether (sulfide) groups is 1. The molecule has 1 atom stereocenters. The Labute approximate surface area is 97.2 Å². The number of halogens is 1. The largest absolute Gasteiger partial charge is 0.370 e. The van der Waals surface area contributed by atoms with E-state index in [2.05, 4.69) is 44.4 Å². The van der Waals surface area contributed by atoms with Crippen molar-refractivity contribution in [1.82, 2.24) is 9.97 Å². The van der Waals surface area contributed by atoms with E-state index in [1.54, 1.807) is 6.33 Å². The number of rotatable bonds is 5. The lowest BCUT2D eigenvalue weighted by Gasteiger charge is -2.09. The molecule has 1 heterocycles. The molecule has 0 saturated heterocycles. The normalized spacial score (nSPS) is 12.5. The summed E-state index contributed by atoms with van der Waals surface area (Å²) in [5.41, 5.74) is 0. The second-order valence-electron chi connectivity index (χ2n) is 2.99. The van der Waals surface area contributed by atoms with Gasteiger partial charge in [-0.1, -0.05) is 6.92 Å². The summed E-state index contributed by atoms with van der Waals surface area (Å²) in [6.07, 6.45) is 4.82. The number of hydrogen-bond acceptors (Lipinski definition) is 4. The molecule has 1 unspecified atom stereocenters. The van der Waals surface area contributed by atoms with Crippen LogP contribution in [0.2, 0.25) is 0 Å². The van der Waals surface area contributed by atoms with E-state index >= 15 is 0 Å². The van der Waals surface area contributed by atoms with Crippen molar-refractivity contribution >= 4 is 33.5 Å². The SMILES string of the molecule is CSC(C)CCNc1cc(Br)ncn1. The molecule has 1 N–H and O–H groups in total. The molecule has 1 aromatic rings. The molecule has 0 aromatic carbocycles. The monoisotopic (exact) mass is 275 g/mol. The number of anilines is 1. The van der Waals surface area contributed by atoms with Crippen molar-refractivity contribution in [1.29, 1.82) is 0 Å². The van der Waals surface area contributed by atoms with Crippen LogP contribution in [0, 0.1) is 0 Å². The molecule has 0 aliphatic heterocycles. The summed E-state index contributed by atoms with van der Waals surface area (Å²) < 4.78 is 0.813. The van der Waals surface area contributed by atoms with Crippen LogP contribution < -0.4 is 5.32 Å². The summed E-state index contributed by atoms with van der Waals surface area (Å²) in [6.45, 7) is 3.17. The first-order valence-electron chi connectivity index (χ1n) is 4.46. The molecule has 0 radical (unpaired) electrons. The molecule has 3 nitrogen and oxygen atoms in total. The van der Waals surface area contributed by atoms with Gasteiger partial charge in [0.15, 0.2) is 0 Å². The smallest absolute Gasteiger partial charge is 0.130 e. The molecule has 1 rings (SSSR count). The summed E-state index contributed by atoms with van der Waals surface area (Å²) in [7, 11) is 0. The second-order valence-corrected chi connectivity index (χ2v) is 5.08. The molecule has 1 aromatic heterocycles. The lowest BCUT2D eigenvalue weighted by atomic mass is 10.3. The topological polar surface area (TPSA) is 37.8 Å². The van der Waals surface area contributed by atoms with Crippen LogP contribution in [0.3, 0.4) is 0 Å². The highest BCUT2D eigenvalue weighted by Gasteiger charge is 1.99. The maximum Gasteiger partial charge on any atom is 0.130 e. The van der Waals surface area contributed by atoms with Gasteiger partial charge in [0.1, 0.15) is 16.7 Å². The van der Waals surface area contributed by atoms with E-state index in [4.69, 9.17) is 0 Å². The van der Waals surface area contributed by atoms with E-state index < -0.39 is 0 Å². The van der Waals surface area contributed by atoms with Gasteiger partial charge in [-0.15, -0.1) is 0 Å². The zero-order valence-corrected chi connectivity index (χ0v) is 10.7. The van der Waals surface area contributed by atoms with Crippen LogP contribution in [0.4, 0.5) is 5.82 Å². The highest BCUT2D eigenvalue weighted by Crippen LogP contribution is 2.12. The van der Waals surface area contributed by atoms with E-state index in [-0.39, 0.29) is 0 Å². The third-order valence-electron chi connectivity index (χ3n) is 1.89. The third kappa shape index (κ3) is 4.28. The van der Waals surface area contributed by atoms with E-state index in [1.165, 1.54) is 0 Å². The Morgan fingerprint density at radius 2 is 2.36 bits per heavy atom. The minimum absolute atomic E-state index is 0.688. The summed E-state index contributed by atoms with van der Waals surface area (Å²) in [4.78, 5) is 8.06. The Morgan fingerprint density at radius 1 is 1.57 bits per heavy atom. The van der Waals surface area contributed by atoms with Crippen LogP contribution in [0.25, 0.3) is 0 Å². The van der Waals surface area contributed by atoms with Gasteiger partial charge in [-0.05, 0) is 28.6 Å². The average molecular weight is 276 g/mol. The van der Waals surface area contributed by atoms with E-state index in [9.17, 15) is 0 Å². The number of hydrogen-bond donors (Lipinski definition) is 1. The summed E-state index contributed by atoms with van der Waals surface area (Å²) in [5, 5.41) is 3.94. The van der Waals surface area contributed by atoms with Gasteiger partial charge in [-0.3, -0.25) is 0 Å². The van der Waals surface area contributed by atoms with Crippen molar-refractivity contribution in [2.75, 3.05) is 18.1 Å². The first-order chi connectivity index (χ1) is 6.72. The van der Waals surface area contributed by atoms with Gasteiger partial charge in [0, 0.05) is 17.9 Å². The fourth-order valence-electron chi connectivity index (χ4n) is 0.952. The fraction of sp³-hybridized carbons (Fsp3) is 0.556. The van der Waals surface area contributed by atoms with Crippen molar-refractivity contribution in [3.05, 3.63) is 17.0 Å². The van der Waals surface area contributed by atoms with Gasteiger partial charge >= 0.3 is 0 Å². The van der Waals surface area contributed by atoms with Crippen molar-refractivity contribution < 1.29 is 0 Å². The van der Waals surface area contributed by atoms with Gasteiger partial charge in [-0.2, -0.15) is 11.8 Å². The van der Waals surface area contributed by atoms with Gasteiger partial charge in [0.05, 0.1) is 0 Å². The van der Waals surface area contributed by atoms with Crippen LogP contribution in [0.15, 0.2) is 17.0 Å². The highest BCUT2D eigenvalue weighted by molar-refractivity contribution is 9.10. The molecular weight excluding hydrogens is 262 g/mol. The van der Waals surface area contributed by atoms with Crippen molar-refractivity contribution in [2.45, 2.75) is 18.6 Å². The average Bonchev–Trinajstić information content (AvgIpc) is 2.17. The molecule has 0 amide bonds.